The van der Waals surface area contributed by atoms with Crippen LogP contribution in [-0.4, -0.2) is 16.5 Å². The van der Waals surface area contributed by atoms with Crippen molar-refractivity contribution in [3.63, 3.8) is 0 Å². The van der Waals surface area contributed by atoms with E-state index in [1.54, 1.807) is 24.2 Å². The van der Waals surface area contributed by atoms with E-state index in [1.807, 2.05) is 36.4 Å². The summed E-state index contributed by atoms with van der Waals surface area (Å²) in [6.45, 7) is 2.06. The molecule has 21 heavy (non-hydrogen) atoms. The molecule has 0 atom stereocenters. The maximum Gasteiger partial charge on any atom is 0.175 e. The molecule has 0 fully saturated rings. The number of pyridine rings is 1. The predicted octanol–water partition coefficient (Wildman–Crippen LogP) is 4.52. The molecule has 1 heterocycles. The Hall–Kier alpha value is -2.13. The van der Waals surface area contributed by atoms with Gasteiger partial charge in [-0.05, 0) is 24.4 Å². The van der Waals surface area contributed by atoms with Gasteiger partial charge in [-0.15, -0.1) is 11.8 Å². The Morgan fingerprint density at radius 3 is 2.81 bits per heavy atom. The number of Topliss-reactive ketones (excluding diaryl/α,β-unsaturated/α-hetero) is 1. The van der Waals surface area contributed by atoms with Gasteiger partial charge in [0.15, 0.2) is 5.78 Å². The van der Waals surface area contributed by atoms with Gasteiger partial charge in [-0.2, -0.15) is 0 Å². The Labute approximate surface area is 128 Å². The Balaban J connectivity index is 1.81. The highest BCUT2D eigenvalue weighted by Gasteiger charge is 2.11. The predicted molar refractivity (Wildman–Crippen MR) is 88.0 cm³/mol. The fourth-order valence-corrected chi connectivity index (χ4v) is 3.17. The first kappa shape index (κ1) is 13.8. The lowest BCUT2D eigenvalue weighted by atomic mass is 10.1. The number of benzene rings is 2. The molecule has 0 radical (unpaired) electrons. The standard InChI is InChI=1S/C18H15NOS/c1-13-5-4-7-15(9-13)21-12-18(20)17-11-19-10-14-6-2-3-8-16(14)17/h2-11H,12H2,1H3. The van der Waals surface area contributed by atoms with Crippen molar-refractivity contribution in [2.75, 3.05) is 5.75 Å². The van der Waals surface area contributed by atoms with Gasteiger partial charge in [0.25, 0.3) is 0 Å². The third kappa shape index (κ3) is 3.14. The summed E-state index contributed by atoms with van der Waals surface area (Å²) in [7, 11) is 0. The number of hydrogen-bond acceptors (Lipinski definition) is 3. The average Bonchev–Trinajstić information content (AvgIpc) is 2.52. The van der Waals surface area contributed by atoms with Crippen LogP contribution in [0.5, 0.6) is 0 Å². The fraction of sp³-hybridized carbons (Fsp3) is 0.111. The highest BCUT2D eigenvalue weighted by atomic mass is 32.2. The van der Waals surface area contributed by atoms with Crippen LogP contribution in [0.4, 0.5) is 0 Å². The van der Waals surface area contributed by atoms with E-state index in [-0.39, 0.29) is 5.78 Å². The second-order valence-electron chi connectivity index (χ2n) is 4.94. The van der Waals surface area contributed by atoms with Crippen molar-refractivity contribution in [1.29, 1.82) is 0 Å². The highest BCUT2D eigenvalue weighted by molar-refractivity contribution is 8.00. The third-order valence-electron chi connectivity index (χ3n) is 3.33. The molecule has 0 unspecified atom stereocenters. The molecule has 3 aromatic rings. The number of carbonyl (C=O) groups is 1. The lowest BCUT2D eigenvalue weighted by Gasteiger charge is -2.05. The molecular formula is C18H15NOS. The van der Waals surface area contributed by atoms with Gasteiger partial charge in [0.1, 0.15) is 0 Å². The molecule has 3 heteroatoms. The summed E-state index contributed by atoms with van der Waals surface area (Å²) in [5.74, 6) is 0.546. The van der Waals surface area contributed by atoms with E-state index in [0.717, 1.165) is 15.7 Å². The number of hydrogen-bond donors (Lipinski definition) is 0. The Morgan fingerprint density at radius 2 is 1.95 bits per heavy atom. The normalized spacial score (nSPS) is 10.7. The molecule has 0 amide bonds. The van der Waals surface area contributed by atoms with Gasteiger partial charge < -0.3 is 0 Å². The first-order valence-corrected chi connectivity index (χ1v) is 7.78. The zero-order valence-electron chi connectivity index (χ0n) is 11.7. The van der Waals surface area contributed by atoms with Gasteiger partial charge in [0, 0.05) is 28.2 Å². The highest BCUT2D eigenvalue weighted by Crippen LogP contribution is 2.23. The van der Waals surface area contributed by atoms with Gasteiger partial charge in [0.05, 0.1) is 5.75 Å². The number of thioether (sulfide) groups is 1. The van der Waals surface area contributed by atoms with Crippen molar-refractivity contribution >= 4 is 28.3 Å². The van der Waals surface area contributed by atoms with Crippen LogP contribution in [0.25, 0.3) is 10.8 Å². The molecular weight excluding hydrogens is 278 g/mol. The van der Waals surface area contributed by atoms with Gasteiger partial charge in [-0.3, -0.25) is 9.78 Å². The molecule has 0 saturated heterocycles. The largest absolute Gasteiger partial charge is 0.293 e. The smallest absolute Gasteiger partial charge is 0.175 e. The van der Waals surface area contributed by atoms with Gasteiger partial charge >= 0.3 is 0 Å². The Bertz CT molecular complexity index is 793. The van der Waals surface area contributed by atoms with E-state index in [4.69, 9.17) is 0 Å². The van der Waals surface area contributed by atoms with Crippen molar-refractivity contribution < 1.29 is 4.79 Å². The molecule has 1 aromatic heterocycles. The van der Waals surface area contributed by atoms with Crippen LogP contribution in [0.15, 0.2) is 65.8 Å². The van der Waals surface area contributed by atoms with Crippen molar-refractivity contribution in [3.8, 4) is 0 Å². The van der Waals surface area contributed by atoms with E-state index < -0.39 is 0 Å². The second kappa shape index (κ2) is 6.10. The third-order valence-corrected chi connectivity index (χ3v) is 4.32. The molecule has 0 aliphatic heterocycles. The first-order valence-electron chi connectivity index (χ1n) is 6.79. The molecule has 0 spiro atoms. The van der Waals surface area contributed by atoms with E-state index >= 15 is 0 Å². The van der Waals surface area contributed by atoms with E-state index in [1.165, 1.54) is 5.56 Å². The monoisotopic (exact) mass is 293 g/mol. The minimum absolute atomic E-state index is 0.116. The van der Waals surface area contributed by atoms with E-state index in [0.29, 0.717) is 11.3 Å². The van der Waals surface area contributed by atoms with Crippen molar-refractivity contribution in [2.24, 2.45) is 0 Å². The van der Waals surface area contributed by atoms with Crippen LogP contribution in [0.1, 0.15) is 15.9 Å². The summed E-state index contributed by atoms with van der Waals surface area (Å²) in [5.41, 5.74) is 1.91. The fourth-order valence-electron chi connectivity index (χ4n) is 2.27. The Morgan fingerprint density at radius 1 is 1.10 bits per heavy atom. The number of carbonyl (C=O) groups excluding carboxylic acids is 1. The number of aryl methyl sites for hydroxylation is 1. The minimum Gasteiger partial charge on any atom is -0.293 e. The molecule has 0 aliphatic carbocycles. The van der Waals surface area contributed by atoms with Gasteiger partial charge in [-0.1, -0.05) is 42.0 Å². The van der Waals surface area contributed by atoms with Crippen LogP contribution in [-0.2, 0) is 0 Å². The zero-order valence-corrected chi connectivity index (χ0v) is 12.6. The van der Waals surface area contributed by atoms with Crippen molar-refractivity contribution in [3.05, 3.63) is 72.1 Å². The van der Waals surface area contributed by atoms with Crippen molar-refractivity contribution in [1.82, 2.24) is 4.98 Å². The number of fused-ring (bicyclic) bond motifs is 1. The minimum atomic E-state index is 0.116. The lowest BCUT2D eigenvalue weighted by Crippen LogP contribution is -2.04. The van der Waals surface area contributed by atoms with Gasteiger partial charge in [0.2, 0.25) is 0 Å². The van der Waals surface area contributed by atoms with Crippen LogP contribution < -0.4 is 0 Å². The van der Waals surface area contributed by atoms with Gasteiger partial charge in [-0.25, -0.2) is 0 Å². The lowest BCUT2D eigenvalue weighted by molar-refractivity contribution is 0.102. The maximum absolute atomic E-state index is 12.5. The molecule has 0 aliphatic rings. The number of nitrogens with zero attached hydrogens (tertiary/aromatic N) is 1. The van der Waals surface area contributed by atoms with E-state index in [9.17, 15) is 4.79 Å². The molecule has 2 aromatic carbocycles. The summed E-state index contributed by atoms with van der Waals surface area (Å²) >= 11 is 1.57. The molecule has 2 nitrogen and oxygen atoms in total. The van der Waals surface area contributed by atoms with Crippen molar-refractivity contribution in [2.45, 2.75) is 11.8 Å². The molecule has 0 N–H and O–H groups in total. The Kier molecular flexibility index (Phi) is 4.02. The van der Waals surface area contributed by atoms with E-state index in [2.05, 4.69) is 24.0 Å². The molecule has 0 bridgehead atoms. The topological polar surface area (TPSA) is 30.0 Å². The van der Waals surface area contributed by atoms with Crippen LogP contribution in [0.3, 0.4) is 0 Å². The maximum atomic E-state index is 12.5. The van der Waals surface area contributed by atoms with Crippen LogP contribution in [0.2, 0.25) is 0 Å². The first-order chi connectivity index (χ1) is 10.2. The number of rotatable bonds is 4. The summed E-state index contributed by atoms with van der Waals surface area (Å²) in [4.78, 5) is 17.8. The van der Waals surface area contributed by atoms with Crippen LogP contribution >= 0.6 is 11.8 Å². The second-order valence-corrected chi connectivity index (χ2v) is 5.99. The SMILES string of the molecule is Cc1cccc(SCC(=O)c2cncc3ccccc23)c1. The molecule has 104 valence electrons. The number of aromatic nitrogens is 1. The molecule has 3 rings (SSSR count). The average molecular weight is 293 g/mol. The summed E-state index contributed by atoms with van der Waals surface area (Å²) < 4.78 is 0. The summed E-state index contributed by atoms with van der Waals surface area (Å²) in [5, 5.41) is 1.98. The van der Waals surface area contributed by atoms with Crippen LogP contribution in [0, 0.1) is 6.92 Å². The number of ketones is 1. The summed E-state index contributed by atoms with van der Waals surface area (Å²) in [6.07, 6.45) is 3.46. The summed E-state index contributed by atoms with van der Waals surface area (Å²) in [6, 6.07) is 16.1. The zero-order chi connectivity index (χ0) is 14.7. The quantitative estimate of drug-likeness (QED) is 0.523. The molecule has 0 saturated carbocycles.